The Morgan fingerprint density at radius 3 is 1.79 bits per heavy atom. The van der Waals surface area contributed by atoms with Crippen LogP contribution in [0.1, 0.15) is 136 Å². The first-order chi connectivity index (χ1) is 20.5. The molecule has 0 aromatic rings. The number of esters is 2. The van der Waals surface area contributed by atoms with Crippen molar-refractivity contribution in [1.29, 1.82) is 0 Å². The van der Waals surface area contributed by atoms with Crippen LogP contribution in [0.25, 0.3) is 0 Å². The minimum absolute atomic E-state index is 0.0322. The van der Waals surface area contributed by atoms with Crippen LogP contribution in [0.3, 0.4) is 0 Å². The zero-order valence-electron chi connectivity index (χ0n) is 28.2. The zero-order valence-corrected chi connectivity index (χ0v) is 29.1. The molecule has 43 heavy (non-hydrogen) atoms. The predicted molar refractivity (Wildman–Crippen MR) is 174 cm³/mol. The molecule has 0 saturated carbocycles. The van der Waals surface area contributed by atoms with Crippen molar-refractivity contribution < 1.29 is 42.1 Å². The number of nitrogens with zero attached hydrogens (tertiary/aromatic N) is 1. The van der Waals surface area contributed by atoms with Gasteiger partial charge in [-0.25, -0.2) is 4.57 Å². The molecule has 10 heteroatoms. The standard InChI is InChI=1S/C33H64NO8P/c1-6-8-10-12-14-16-17-18-20-22-24-26-33(36)42-31(30-41-43(37,38)40-28-27-34(3,4)5)29-39-32(35)25-23-21-19-15-13-11-9-7-2/h12,14,31H,6-11,13,15-30H2,1-5H3/p+1/b14-12+/t31-/m0/s1. The molecule has 9 nitrogen and oxygen atoms in total. The Morgan fingerprint density at radius 1 is 0.698 bits per heavy atom. The van der Waals surface area contributed by atoms with Crippen LogP contribution in [-0.2, 0) is 32.7 Å². The lowest BCUT2D eigenvalue weighted by Gasteiger charge is -2.24. The molecule has 0 radical (unpaired) electrons. The number of hydrogen-bond donors (Lipinski definition) is 1. The topological polar surface area (TPSA) is 108 Å². The Labute approximate surface area is 263 Å². The smallest absolute Gasteiger partial charge is 0.462 e. The van der Waals surface area contributed by atoms with Gasteiger partial charge in [-0.3, -0.25) is 18.6 Å². The maximum Gasteiger partial charge on any atom is 0.472 e. The molecule has 0 aliphatic heterocycles. The van der Waals surface area contributed by atoms with E-state index >= 15 is 0 Å². The summed E-state index contributed by atoms with van der Waals surface area (Å²) in [5.41, 5.74) is 0. The summed E-state index contributed by atoms with van der Waals surface area (Å²) in [5.74, 6) is -0.816. The van der Waals surface area contributed by atoms with E-state index in [1.54, 1.807) is 0 Å². The molecule has 0 amide bonds. The van der Waals surface area contributed by atoms with Gasteiger partial charge in [-0.2, -0.15) is 0 Å². The second-order valence-corrected chi connectivity index (χ2v) is 14.0. The lowest BCUT2D eigenvalue weighted by molar-refractivity contribution is -0.870. The van der Waals surface area contributed by atoms with Gasteiger partial charge in [0.25, 0.3) is 0 Å². The Hall–Kier alpha value is -1.25. The number of phosphoric acid groups is 1. The molecular weight excluding hydrogens is 569 g/mol. The third kappa shape index (κ3) is 30.6. The summed E-state index contributed by atoms with van der Waals surface area (Å²) < 4.78 is 33.9. The third-order valence-electron chi connectivity index (χ3n) is 7.05. The van der Waals surface area contributed by atoms with E-state index in [1.165, 1.54) is 44.9 Å². The van der Waals surface area contributed by atoms with E-state index in [-0.39, 0.29) is 32.0 Å². The molecule has 0 bridgehead atoms. The van der Waals surface area contributed by atoms with Gasteiger partial charge in [-0.15, -0.1) is 0 Å². The van der Waals surface area contributed by atoms with E-state index < -0.39 is 26.5 Å². The van der Waals surface area contributed by atoms with Crippen molar-refractivity contribution in [3.63, 3.8) is 0 Å². The fraction of sp³-hybridized carbons (Fsp3) is 0.879. The van der Waals surface area contributed by atoms with Crippen LogP contribution in [0, 0.1) is 0 Å². The molecule has 0 aromatic heterocycles. The number of unbranched alkanes of at least 4 members (excludes halogenated alkanes) is 14. The third-order valence-corrected chi connectivity index (χ3v) is 8.03. The molecule has 0 heterocycles. The minimum Gasteiger partial charge on any atom is -0.462 e. The fourth-order valence-corrected chi connectivity index (χ4v) is 5.03. The van der Waals surface area contributed by atoms with Gasteiger partial charge in [0, 0.05) is 12.8 Å². The van der Waals surface area contributed by atoms with E-state index in [9.17, 15) is 19.0 Å². The summed E-state index contributed by atoms with van der Waals surface area (Å²) in [5, 5.41) is 0. The normalized spacial score (nSPS) is 14.1. The van der Waals surface area contributed by atoms with E-state index in [1.807, 2.05) is 21.1 Å². The maximum atomic E-state index is 12.5. The van der Waals surface area contributed by atoms with Crippen molar-refractivity contribution in [1.82, 2.24) is 0 Å². The summed E-state index contributed by atoms with van der Waals surface area (Å²) in [6.45, 7) is 4.31. The second kappa shape index (κ2) is 27.1. The molecule has 0 saturated heterocycles. The van der Waals surface area contributed by atoms with Gasteiger partial charge in [0.15, 0.2) is 6.10 Å². The van der Waals surface area contributed by atoms with Crippen molar-refractivity contribution in [3.8, 4) is 0 Å². The van der Waals surface area contributed by atoms with Crippen LogP contribution in [-0.4, -0.2) is 74.9 Å². The first-order valence-electron chi connectivity index (χ1n) is 16.9. The summed E-state index contributed by atoms with van der Waals surface area (Å²) >= 11 is 0. The molecular formula is C33H65NO8P+. The van der Waals surface area contributed by atoms with Crippen molar-refractivity contribution in [2.24, 2.45) is 0 Å². The zero-order chi connectivity index (χ0) is 32.2. The lowest BCUT2D eigenvalue weighted by Crippen LogP contribution is -2.37. The Balaban J connectivity index is 4.52. The molecule has 0 aliphatic rings. The molecule has 0 fully saturated rings. The molecule has 0 spiro atoms. The SMILES string of the molecule is CCCC/C=C/CCCCCCCC(=O)O[C@@H](COC(=O)CCCCCCCCCC)COP(=O)(O)OCC[N+](C)(C)C. The average Bonchev–Trinajstić information content (AvgIpc) is 2.93. The fourth-order valence-electron chi connectivity index (χ4n) is 4.29. The Bertz CT molecular complexity index is 768. The monoisotopic (exact) mass is 634 g/mol. The largest absolute Gasteiger partial charge is 0.472 e. The number of quaternary nitrogens is 1. The molecule has 1 unspecified atom stereocenters. The van der Waals surface area contributed by atoms with E-state index in [4.69, 9.17) is 18.5 Å². The minimum atomic E-state index is -4.35. The lowest BCUT2D eigenvalue weighted by atomic mass is 10.1. The molecule has 0 aliphatic carbocycles. The van der Waals surface area contributed by atoms with Gasteiger partial charge in [0.1, 0.15) is 19.8 Å². The highest BCUT2D eigenvalue weighted by Gasteiger charge is 2.27. The second-order valence-electron chi connectivity index (χ2n) is 12.6. The van der Waals surface area contributed by atoms with Crippen molar-refractivity contribution in [2.75, 3.05) is 47.5 Å². The van der Waals surface area contributed by atoms with Crippen LogP contribution in [0.2, 0.25) is 0 Å². The molecule has 2 atom stereocenters. The maximum absolute atomic E-state index is 12.5. The number of ether oxygens (including phenoxy) is 2. The van der Waals surface area contributed by atoms with Gasteiger partial charge >= 0.3 is 19.8 Å². The van der Waals surface area contributed by atoms with Crippen molar-refractivity contribution in [3.05, 3.63) is 12.2 Å². The van der Waals surface area contributed by atoms with Crippen LogP contribution >= 0.6 is 7.82 Å². The number of carbonyl (C=O) groups excluding carboxylic acids is 2. The number of likely N-dealkylation sites (N-methyl/N-ethyl adjacent to an activating group) is 1. The van der Waals surface area contributed by atoms with Crippen molar-refractivity contribution in [2.45, 2.75) is 142 Å². The number of phosphoric ester groups is 1. The molecule has 0 rings (SSSR count). The first kappa shape index (κ1) is 41.8. The summed E-state index contributed by atoms with van der Waals surface area (Å²) in [7, 11) is 1.47. The quantitative estimate of drug-likeness (QED) is 0.0276. The van der Waals surface area contributed by atoms with Gasteiger partial charge < -0.3 is 18.9 Å². The first-order valence-corrected chi connectivity index (χ1v) is 18.4. The van der Waals surface area contributed by atoms with E-state index in [0.29, 0.717) is 17.4 Å². The predicted octanol–water partition coefficient (Wildman–Crippen LogP) is 8.29. The van der Waals surface area contributed by atoms with Crippen LogP contribution in [0.4, 0.5) is 0 Å². The summed E-state index contributed by atoms with van der Waals surface area (Å²) in [6, 6.07) is 0. The highest BCUT2D eigenvalue weighted by atomic mass is 31.2. The van der Waals surface area contributed by atoms with Crippen LogP contribution in [0.5, 0.6) is 0 Å². The number of allylic oxidation sites excluding steroid dienone is 2. The van der Waals surface area contributed by atoms with Crippen LogP contribution in [0.15, 0.2) is 12.2 Å². The van der Waals surface area contributed by atoms with Gasteiger partial charge in [-0.1, -0.05) is 103 Å². The summed E-state index contributed by atoms with van der Waals surface area (Å²) in [6.07, 6.45) is 22.7. The highest BCUT2D eigenvalue weighted by Crippen LogP contribution is 2.43. The Morgan fingerprint density at radius 2 is 1.21 bits per heavy atom. The van der Waals surface area contributed by atoms with Crippen molar-refractivity contribution >= 4 is 19.8 Å². The Kier molecular flexibility index (Phi) is 26.3. The average molecular weight is 635 g/mol. The summed E-state index contributed by atoms with van der Waals surface area (Å²) in [4.78, 5) is 34.9. The highest BCUT2D eigenvalue weighted by molar-refractivity contribution is 7.47. The van der Waals surface area contributed by atoms with Gasteiger partial charge in [-0.05, 0) is 32.1 Å². The van der Waals surface area contributed by atoms with Gasteiger partial charge in [0.2, 0.25) is 0 Å². The van der Waals surface area contributed by atoms with E-state index in [2.05, 4.69) is 26.0 Å². The molecule has 1 N–H and O–H groups in total. The number of hydrogen-bond acceptors (Lipinski definition) is 7. The number of carbonyl (C=O) groups is 2. The van der Waals surface area contributed by atoms with E-state index in [0.717, 1.165) is 57.8 Å². The van der Waals surface area contributed by atoms with Gasteiger partial charge in [0.05, 0.1) is 27.7 Å². The van der Waals surface area contributed by atoms with Crippen LogP contribution < -0.4 is 0 Å². The number of rotatable bonds is 30. The molecule has 0 aromatic carbocycles. The molecule has 254 valence electrons.